The standard InChI is InChI=1S/C22H21FN2O3S/c23-18-3-5-19(6-4-18)25(14-20-2-1-13-29-20)22(27)16-7-10-24(11-8-16)21(26)17-9-12-28-15-17/h1-6,9,12-13,15-16H,7-8,10-11,14H2. The van der Waals surface area contributed by atoms with Crippen LogP contribution in [0.5, 0.6) is 0 Å². The highest BCUT2D eigenvalue weighted by atomic mass is 32.1. The van der Waals surface area contributed by atoms with Gasteiger partial charge in [0.2, 0.25) is 5.91 Å². The Labute approximate surface area is 172 Å². The first-order valence-electron chi connectivity index (χ1n) is 9.52. The third-order valence-electron chi connectivity index (χ3n) is 5.20. The van der Waals surface area contributed by atoms with Crippen molar-refractivity contribution in [3.05, 3.63) is 76.6 Å². The minimum Gasteiger partial charge on any atom is -0.472 e. The molecule has 7 heteroatoms. The molecule has 150 valence electrons. The summed E-state index contributed by atoms with van der Waals surface area (Å²) in [4.78, 5) is 30.4. The Kier molecular flexibility index (Phi) is 5.76. The Morgan fingerprint density at radius 3 is 2.52 bits per heavy atom. The summed E-state index contributed by atoms with van der Waals surface area (Å²) in [5.41, 5.74) is 1.21. The number of halogens is 1. The number of likely N-dealkylation sites (tertiary alicyclic amines) is 1. The van der Waals surface area contributed by atoms with Crippen LogP contribution in [0.4, 0.5) is 10.1 Å². The van der Waals surface area contributed by atoms with Crippen molar-refractivity contribution in [2.45, 2.75) is 19.4 Å². The molecular weight excluding hydrogens is 391 g/mol. The van der Waals surface area contributed by atoms with Gasteiger partial charge in [0.05, 0.1) is 18.4 Å². The van der Waals surface area contributed by atoms with Crippen LogP contribution in [-0.2, 0) is 11.3 Å². The smallest absolute Gasteiger partial charge is 0.257 e. The summed E-state index contributed by atoms with van der Waals surface area (Å²) in [5, 5.41) is 1.97. The van der Waals surface area contributed by atoms with Crippen LogP contribution in [0.25, 0.3) is 0 Å². The van der Waals surface area contributed by atoms with E-state index in [1.807, 2.05) is 17.5 Å². The molecule has 1 aromatic carbocycles. The van der Waals surface area contributed by atoms with Gasteiger partial charge < -0.3 is 14.2 Å². The van der Waals surface area contributed by atoms with Crippen molar-refractivity contribution in [1.82, 2.24) is 4.90 Å². The summed E-state index contributed by atoms with van der Waals surface area (Å²) >= 11 is 1.59. The van der Waals surface area contributed by atoms with Gasteiger partial charge in [-0.3, -0.25) is 9.59 Å². The average Bonchev–Trinajstić information content (AvgIpc) is 3.46. The summed E-state index contributed by atoms with van der Waals surface area (Å²) < 4.78 is 18.4. The average molecular weight is 412 g/mol. The van der Waals surface area contributed by atoms with E-state index in [0.717, 1.165) is 4.88 Å². The molecule has 1 fully saturated rings. The molecule has 0 spiro atoms. The van der Waals surface area contributed by atoms with Gasteiger partial charge in [-0.25, -0.2) is 4.39 Å². The van der Waals surface area contributed by atoms with Crippen molar-refractivity contribution < 1.29 is 18.4 Å². The maximum absolute atomic E-state index is 13.4. The number of benzene rings is 1. The van der Waals surface area contributed by atoms with Crippen LogP contribution in [0.1, 0.15) is 28.1 Å². The van der Waals surface area contributed by atoms with Gasteiger partial charge in [-0.05, 0) is 54.6 Å². The number of rotatable bonds is 5. The summed E-state index contributed by atoms with van der Waals surface area (Å²) in [5.74, 6) is -0.559. The zero-order valence-electron chi connectivity index (χ0n) is 15.8. The first-order chi connectivity index (χ1) is 14.1. The lowest BCUT2D eigenvalue weighted by molar-refractivity contribution is -0.123. The molecule has 0 N–H and O–H groups in total. The number of hydrogen-bond acceptors (Lipinski definition) is 4. The number of thiophene rings is 1. The molecule has 2 aromatic heterocycles. The van der Waals surface area contributed by atoms with E-state index >= 15 is 0 Å². The molecule has 0 bridgehead atoms. The Morgan fingerprint density at radius 1 is 1.14 bits per heavy atom. The maximum Gasteiger partial charge on any atom is 0.257 e. The van der Waals surface area contributed by atoms with Gasteiger partial charge in [0.25, 0.3) is 5.91 Å². The van der Waals surface area contributed by atoms with Gasteiger partial charge in [0.1, 0.15) is 12.1 Å². The second-order valence-corrected chi connectivity index (χ2v) is 8.09. The lowest BCUT2D eigenvalue weighted by Crippen LogP contribution is -2.44. The number of piperidine rings is 1. The van der Waals surface area contributed by atoms with Gasteiger partial charge in [0, 0.05) is 29.6 Å². The number of carbonyl (C=O) groups is 2. The molecule has 1 aliphatic heterocycles. The molecule has 3 aromatic rings. The topological polar surface area (TPSA) is 53.8 Å². The monoisotopic (exact) mass is 412 g/mol. The van der Waals surface area contributed by atoms with E-state index in [1.165, 1.54) is 24.7 Å². The molecule has 5 nitrogen and oxygen atoms in total. The van der Waals surface area contributed by atoms with Crippen molar-refractivity contribution in [1.29, 1.82) is 0 Å². The van der Waals surface area contributed by atoms with Crippen molar-refractivity contribution in [3.63, 3.8) is 0 Å². The van der Waals surface area contributed by atoms with E-state index in [4.69, 9.17) is 4.42 Å². The molecule has 1 aliphatic rings. The second kappa shape index (κ2) is 8.61. The van der Waals surface area contributed by atoms with E-state index in [1.54, 1.807) is 39.3 Å². The zero-order valence-corrected chi connectivity index (χ0v) is 16.6. The summed E-state index contributed by atoms with van der Waals surface area (Å²) in [6, 6.07) is 11.6. The highest BCUT2D eigenvalue weighted by Gasteiger charge is 2.31. The van der Waals surface area contributed by atoms with E-state index in [-0.39, 0.29) is 23.5 Å². The van der Waals surface area contributed by atoms with Gasteiger partial charge >= 0.3 is 0 Å². The number of amides is 2. The van der Waals surface area contributed by atoms with E-state index in [2.05, 4.69) is 0 Å². The van der Waals surface area contributed by atoms with Crippen LogP contribution in [0.2, 0.25) is 0 Å². The molecule has 0 radical (unpaired) electrons. The van der Waals surface area contributed by atoms with Crippen LogP contribution in [0.3, 0.4) is 0 Å². The normalized spacial score (nSPS) is 14.7. The molecule has 2 amide bonds. The molecule has 0 atom stereocenters. The van der Waals surface area contributed by atoms with Gasteiger partial charge in [0.15, 0.2) is 0 Å². The summed E-state index contributed by atoms with van der Waals surface area (Å²) in [6.45, 7) is 1.50. The van der Waals surface area contributed by atoms with Crippen LogP contribution >= 0.6 is 11.3 Å². The highest BCUT2D eigenvalue weighted by molar-refractivity contribution is 7.09. The molecule has 0 saturated carbocycles. The lowest BCUT2D eigenvalue weighted by Gasteiger charge is -2.34. The molecular formula is C22H21FN2O3S. The minimum atomic E-state index is -0.330. The summed E-state index contributed by atoms with van der Waals surface area (Å²) in [6.07, 6.45) is 4.13. The molecule has 0 unspecified atom stereocenters. The van der Waals surface area contributed by atoms with Crippen molar-refractivity contribution >= 4 is 28.8 Å². The van der Waals surface area contributed by atoms with Crippen LogP contribution in [0.15, 0.2) is 64.8 Å². The molecule has 29 heavy (non-hydrogen) atoms. The quantitative estimate of drug-likeness (QED) is 0.617. The molecule has 1 saturated heterocycles. The number of hydrogen-bond donors (Lipinski definition) is 0. The maximum atomic E-state index is 13.4. The van der Waals surface area contributed by atoms with Crippen LogP contribution in [0, 0.1) is 11.7 Å². The van der Waals surface area contributed by atoms with E-state index in [0.29, 0.717) is 43.7 Å². The fourth-order valence-electron chi connectivity index (χ4n) is 3.59. The third-order valence-corrected chi connectivity index (χ3v) is 6.06. The molecule has 4 rings (SSSR count). The molecule has 0 aliphatic carbocycles. The van der Waals surface area contributed by atoms with Gasteiger partial charge in [-0.1, -0.05) is 6.07 Å². The first-order valence-corrected chi connectivity index (χ1v) is 10.4. The first kappa shape index (κ1) is 19.4. The SMILES string of the molecule is O=C(c1ccoc1)N1CCC(C(=O)N(Cc2cccs2)c2ccc(F)cc2)CC1. The van der Waals surface area contributed by atoms with E-state index in [9.17, 15) is 14.0 Å². The van der Waals surface area contributed by atoms with Crippen LogP contribution < -0.4 is 4.90 Å². The van der Waals surface area contributed by atoms with E-state index < -0.39 is 0 Å². The van der Waals surface area contributed by atoms with Crippen molar-refractivity contribution in [2.24, 2.45) is 5.92 Å². The Morgan fingerprint density at radius 2 is 1.90 bits per heavy atom. The fraction of sp³-hybridized carbons (Fsp3) is 0.273. The van der Waals surface area contributed by atoms with Crippen molar-refractivity contribution in [2.75, 3.05) is 18.0 Å². The van der Waals surface area contributed by atoms with Crippen molar-refractivity contribution in [3.8, 4) is 0 Å². The highest BCUT2D eigenvalue weighted by Crippen LogP contribution is 2.27. The lowest BCUT2D eigenvalue weighted by atomic mass is 9.94. The molecule has 3 heterocycles. The Bertz CT molecular complexity index is 947. The van der Waals surface area contributed by atoms with Gasteiger partial charge in [-0.15, -0.1) is 11.3 Å². The zero-order chi connectivity index (χ0) is 20.2. The van der Waals surface area contributed by atoms with Crippen LogP contribution in [-0.4, -0.2) is 29.8 Å². The predicted molar refractivity (Wildman–Crippen MR) is 109 cm³/mol. The van der Waals surface area contributed by atoms with Gasteiger partial charge in [-0.2, -0.15) is 0 Å². The Balaban J connectivity index is 1.46. The minimum absolute atomic E-state index is 0.0143. The summed E-state index contributed by atoms with van der Waals surface area (Å²) in [7, 11) is 0. The number of carbonyl (C=O) groups excluding carboxylic acids is 2. The number of nitrogens with zero attached hydrogens (tertiary/aromatic N) is 2. The third kappa shape index (κ3) is 4.40. The second-order valence-electron chi connectivity index (χ2n) is 7.06. The predicted octanol–water partition coefficient (Wildman–Crippen LogP) is 4.57. The number of furan rings is 1. The fourth-order valence-corrected chi connectivity index (χ4v) is 4.29. The Hall–Kier alpha value is -2.93. The largest absolute Gasteiger partial charge is 0.472 e. The number of anilines is 1.